The molecule has 2 nitrogen and oxygen atoms in total. The van der Waals surface area contributed by atoms with E-state index in [-0.39, 0.29) is 0 Å². The fourth-order valence-corrected chi connectivity index (χ4v) is 2.73. The third kappa shape index (κ3) is 2.07. The maximum Gasteiger partial charge on any atom is 0.0417 e. The number of nitrogens with one attached hydrogen (secondary N) is 2. The lowest BCUT2D eigenvalue weighted by Gasteiger charge is -2.20. The first-order valence-electron chi connectivity index (χ1n) is 6.86. The molecule has 1 aromatic heterocycles. The normalized spacial score (nSPS) is 16.3. The van der Waals surface area contributed by atoms with Crippen LogP contribution in [0.25, 0.3) is 11.6 Å². The molecule has 0 fully saturated rings. The molecule has 2 heteroatoms. The number of H-pyrrole nitrogens is 1. The molecule has 2 heterocycles. The van der Waals surface area contributed by atoms with Gasteiger partial charge in [0.2, 0.25) is 0 Å². The largest absolute Gasteiger partial charge is 0.384 e. The van der Waals surface area contributed by atoms with Gasteiger partial charge in [0.25, 0.3) is 0 Å². The van der Waals surface area contributed by atoms with Gasteiger partial charge in [-0.3, -0.25) is 0 Å². The molecule has 2 aromatic rings. The zero-order valence-electron chi connectivity index (χ0n) is 11.8. The van der Waals surface area contributed by atoms with E-state index in [0.717, 1.165) is 13.0 Å². The molecule has 98 valence electrons. The zero-order valence-corrected chi connectivity index (χ0v) is 11.8. The van der Waals surface area contributed by atoms with Crippen molar-refractivity contribution in [1.82, 2.24) is 4.98 Å². The molecule has 2 N–H and O–H groups in total. The summed E-state index contributed by atoms with van der Waals surface area (Å²) in [6.07, 6.45) is 3.39. The number of benzene rings is 1. The quantitative estimate of drug-likeness (QED) is 0.778. The van der Waals surface area contributed by atoms with Crippen LogP contribution in [0.4, 0.5) is 5.69 Å². The summed E-state index contributed by atoms with van der Waals surface area (Å²) in [7, 11) is 0. The summed E-state index contributed by atoms with van der Waals surface area (Å²) in [4.78, 5) is 3.49. The van der Waals surface area contributed by atoms with Gasteiger partial charge in [0, 0.05) is 29.2 Å². The van der Waals surface area contributed by atoms with E-state index >= 15 is 0 Å². The lowest BCUT2D eigenvalue weighted by Crippen LogP contribution is -2.10. The minimum Gasteiger partial charge on any atom is -0.384 e. The molecular weight excluding hydrogens is 232 g/mol. The summed E-state index contributed by atoms with van der Waals surface area (Å²) in [5.41, 5.74) is 9.25. The fourth-order valence-electron chi connectivity index (χ4n) is 2.73. The molecule has 19 heavy (non-hydrogen) atoms. The molecule has 0 spiro atoms. The van der Waals surface area contributed by atoms with Crippen LogP contribution in [0.3, 0.4) is 0 Å². The predicted octanol–water partition coefficient (Wildman–Crippen LogP) is 4.30. The number of para-hydroxylation sites is 1. The van der Waals surface area contributed by atoms with Crippen molar-refractivity contribution in [2.75, 3.05) is 11.9 Å². The summed E-state index contributed by atoms with van der Waals surface area (Å²) >= 11 is 0. The van der Waals surface area contributed by atoms with Crippen LogP contribution < -0.4 is 5.32 Å². The van der Waals surface area contributed by atoms with Crippen LogP contribution in [0.2, 0.25) is 0 Å². The number of aromatic amines is 1. The predicted molar refractivity (Wildman–Crippen MR) is 82.4 cm³/mol. The average Bonchev–Trinajstić information content (AvgIpc) is 2.67. The number of hydrogen-bond donors (Lipinski definition) is 2. The van der Waals surface area contributed by atoms with Crippen molar-refractivity contribution in [1.29, 1.82) is 0 Å². The Balaban J connectivity index is 2.08. The number of aryl methyl sites for hydroxylation is 1. The molecule has 0 radical (unpaired) electrons. The van der Waals surface area contributed by atoms with E-state index in [1.807, 2.05) is 0 Å². The SMILES string of the molecule is Cc1[nH]c(/C=C2\CCNc3ccccc32)c(C)c1C. The van der Waals surface area contributed by atoms with E-state index < -0.39 is 0 Å². The molecule has 0 aliphatic carbocycles. The van der Waals surface area contributed by atoms with Gasteiger partial charge in [0.15, 0.2) is 0 Å². The van der Waals surface area contributed by atoms with Gasteiger partial charge in [-0.1, -0.05) is 18.2 Å². The van der Waals surface area contributed by atoms with Gasteiger partial charge < -0.3 is 10.3 Å². The lowest BCUT2D eigenvalue weighted by atomic mass is 9.96. The second kappa shape index (κ2) is 4.61. The van der Waals surface area contributed by atoms with E-state index in [1.54, 1.807) is 0 Å². The topological polar surface area (TPSA) is 27.8 Å². The van der Waals surface area contributed by atoms with E-state index in [0.29, 0.717) is 0 Å². The monoisotopic (exact) mass is 252 g/mol. The first kappa shape index (κ1) is 12.1. The first-order chi connectivity index (χ1) is 9.16. The van der Waals surface area contributed by atoms with Crippen LogP contribution in [-0.2, 0) is 0 Å². The molecule has 0 bridgehead atoms. The summed E-state index contributed by atoms with van der Waals surface area (Å²) in [6.45, 7) is 7.53. The van der Waals surface area contributed by atoms with Gasteiger partial charge in [-0.2, -0.15) is 0 Å². The molecule has 0 atom stereocenters. The van der Waals surface area contributed by atoms with Crippen LogP contribution in [-0.4, -0.2) is 11.5 Å². The maximum absolute atomic E-state index is 3.49. The summed E-state index contributed by atoms with van der Waals surface area (Å²) in [5, 5.41) is 3.46. The Morgan fingerprint density at radius 3 is 2.58 bits per heavy atom. The standard InChI is InChI=1S/C17H20N2/c1-11-12(2)17(19-13(11)3)10-14-8-9-18-16-7-5-4-6-15(14)16/h4-7,10,18-19H,8-9H2,1-3H3/b14-10+. The Morgan fingerprint density at radius 2 is 1.84 bits per heavy atom. The van der Waals surface area contributed by atoms with Gasteiger partial charge in [-0.15, -0.1) is 0 Å². The molecule has 1 aliphatic heterocycles. The van der Waals surface area contributed by atoms with Gasteiger partial charge >= 0.3 is 0 Å². The first-order valence-corrected chi connectivity index (χ1v) is 6.86. The second-order valence-corrected chi connectivity index (χ2v) is 5.31. The minimum absolute atomic E-state index is 1.01. The minimum atomic E-state index is 1.01. The highest BCUT2D eigenvalue weighted by Crippen LogP contribution is 2.32. The van der Waals surface area contributed by atoms with Crippen LogP contribution in [0.1, 0.15) is 34.5 Å². The van der Waals surface area contributed by atoms with Crippen LogP contribution in [0.5, 0.6) is 0 Å². The molecule has 0 unspecified atom stereocenters. The van der Waals surface area contributed by atoms with Crippen molar-refractivity contribution in [2.24, 2.45) is 0 Å². The third-order valence-corrected chi connectivity index (χ3v) is 4.15. The molecule has 0 saturated carbocycles. The third-order valence-electron chi connectivity index (χ3n) is 4.15. The van der Waals surface area contributed by atoms with E-state index in [2.05, 4.69) is 61.4 Å². The number of rotatable bonds is 1. The van der Waals surface area contributed by atoms with E-state index in [4.69, 9.17) is 0 Å². The summed E-state index contributed by atoms with van der Waals surface area (Å²) < 4.78 is 0. The van der Waals surface area contributed by atoms with Crippen molar-refractivity contribution in [3.05, 3.63) is 52.3 Å². The summed E-state index contributed by atoms with van der Waals surface area (Å²) in [6, 6.07) is 8.55. The fraction of sp³-hybridized carbons (Fsp3) is 0.294. The van der Waals surface area contributed by atoms with Crippen LogP contribution >= 0.6 is 0 Å². The van der Waals surface area contributed by atoms with Crippen LogP contribution in [0.15, 0.2) is 24.3 Å². The van der Waals surface area contributed by atoms with Gasteiger partial charge in [0.1, 0.15) is 0 Å². The lowest BCUT2D eigenvalue weighted by molar-refractivity contribution is 1.05. The maximum atomic E-state index is 3.49. The van der Waals surface area contributed by atoms with Gasteiger partial charge in [-0.25, -0.2) is 0 Å². The Morgan fingerprint density at radius 1 is 1.05 bits per heavy atom. The molecule has 1 aliphatic rings. The highest BCUT2D eigenvalue weighted by atomic mass is 14.9. The highest BCUT2D eigenvalue weighted by Gasteiger charge is 2.14. The van der Waals surface area contributed by atoms with E-state index in [9.17, 15) is 0 Å². The Labute approximate surface area is 114 Å². The Hall–Kier alpha value is -1.96. The van der Waals surface area contributed by atoms with Crippen molar-refractivity contribution < 1.29 is 0 Å². The molecule has 0 saturated heterocycles. The Bertz CT molecular complexity index is 647. The van der Waals surface area contributed by atoms with Gasteiger partial charge in [-0.05, 0) is 56.0 Å². The summed E-state index contributed by atoms with van der Waals surface area (Å²) in [5.74, 6) is 0. The molecule has 3 rings (SSSR count). The van der Waals surface area contributed by atoms with Crippen molar-refractivity contribution in [2.45, 2.75) is 27.2 Å². The van der Waals surface area contributed by atoms with Crippen molar-refractivity contribution >= 4 is 17.3 Å². The number of anilines is 1. The van der Waals surface area contributed by atoms with Crippen LogP contribution in [0, 0.1) is 20.8 Å². The smallest absolute Gasteiger partial charge is 0.0417 e. The molecule has 0 amide bonds. The number of hydrogen-bond acceptors (Lipinski definition) is 1. The Kier molecular flexibility index (Phi) is 2.94. The zero-order chi connectivity index (χ0) is 13.4. The molecular formula is C17H20N2. The van der Waals surface area contributed by atoms with Gasteiger partial charge in [0.05, 0.1) is 0 Å². The average molecular weight is 252 g/mol. The highest BCUT2D eigenvalue weighted by molar-refractivity contribution is 5.88. The molecule has 1 aromatic carbocycles. The second-order valence-electron chi connectivity index (χ2n) is 5.31. The number of aromatic nitrogens is 1. The van der Waals surface area contributed by atoms with E-state index in [1.165, 1.54) is 39.3 Å². The van der Waals surface area contributed by atoms with Crippen molar-refractivity contribution in [3.8, 4) is 0 Å². The van der Waals surface area contributed by atoms with Crippen molar-refractivity contribution in [3.63, 3.8) is 0 Å². The number of fused-ring (bicyclic) bond motifs is 1.